The van der Waals surface area contributed by atoms with Crippen LogP contribution < -0.4 is 3.01 Å². The molecule has 0 N–H and O–H groups in total. The molecule has 0 amide bonds. The molecule has 2 aromatic rings. The number of rotatable bonds is 3. The molecule has 4 nitrogen and oxygen atoms in total. The first kappa shape index (κ1) is 13.2. The van der Waals surface area contributed by atoms with Crippen LogP contribution in [0.4, 0.5) is 5.69 Å². The van der Waals surface area contributed by atoms with Gasteiger partial charge in [0.2, 0.25) is 0 Å². The van der Waals surface area contributed by atoms with Gasteiger partial charge in [0, 0.05) is 0 Å². The average molecular weight is 318 g/mol. The van der Waals surface area contributed by atoms with Crippen LogP contribution in [0.2, 0.25) is 0 Å². The zero-order chi connectivity index (χ0) is 13.2. The fourth-order valence-electron chi connectivity index (χ4n) is 1.61. The molecule has 0 fully saturated rings. The number of anilines is 1. The van der Waals surface area contributed by atoms with Crippen molar-refractivity contribution in [2.45, 2.75) is 0 Å². The van der Waals surface area contributed by atoms with E-state index < -0.39 is 10.0 Å². The monoisotopic (exact) mass is 317 g/mol. The van der Waals surface area contributed by atoms with Crippen LogP contribution >= 0.6 is 0 Å². The number of nitrogens with zero attached hydrogens (tertiary/aromatic N) is 2. The number of hydrogen-bond donors (Lipinski definition) is 0. The maximum atomic E-state index is 11.7. The Morgan fingerprint density at radius 3 is 2.39 bits per heavy atom. The molecular formula is C12H12GaN2O2S. The number of para-hydroxylation sites is 1. The molecule has 0 saturated heterocycles. The summed E-state index contributed by atoms with van der Waals surface area (Å²) in [6.07, 6.45) is 2.91. The SMILES string of the molecule is CS(=O)(=O)[N]([GaH])c1ccccc1-c1ccccn1. The van der Waals surface area contributed by atoms with Gasteiger partial charge in [0.05, 0.1) is 0 Å². The Balaban J connectivity index is 2.58. The summed E-state index contributed by atoms with van der Waals surface area (Å²) in [6.45, 7) is 0. The summed E-state index contributed by atoms with van der Waals surface area (Å²) >= 11 is 0.517. The average Bonchev–Trinajstić information content (AvgIpc) is 2.38. The summed E-state index contributed by atoms with van der Waals surface area (Å²) in [5.74, 6) is 0. The van der Waals surface area contributed by atoms with Gasteiger partial charge in [-0.1, -0.05) is 0 Å². The van der Waals surface area contributed by atoms with Gasteiger partial charge in [-0.05, 0) is 0 Å². The van der Waals surface area contributed by atoms with E-state index in [0.29, 0.717) is 24.5 Å². The second-order valence-electron chi connectivity index (χ2n) is 3.84. The van der Waals surface area contributed by atoms with E-state index in [1.807, 2.05) is 36.4 Å². The molecule has 1 aromatic heterocycles. The second kappa shape index (κ2) is 5.17. The molecule has 0 aliphatic heterocycles. The predicted molar refractivity (Wildman–Crippen MR) is 74.1 cm³/mol. The van der Waals surface area contributed by atoms with Crippen molar-refractivity contribution in [3.8, 4) is 11.3 Å². The van der Waals surface area contributed by atoms with E-state index in [4.69, 9.17) is 0 Å². The van der Waals surface area contributed by atoms with E-state index in [9.17, 15) is 8.42 Å². The van der Waals surface area contributed by atoms with E-state index in [2.05, 4.69) is 4.98 Å². The zero-order valence-electron chi connectivity index (χ0n) is 9.95. The third kappa shape index (κ3) is 2.77. The van der Waals surface area contributed by atoms with Crippen LogP contribution in [0.15, 0.2) is 48.7 Å². The summed E-state index contributed by atoms with van der Waals surface area (Å²) in [5, 5.41) is 0. The molecule has 0 unspecified atom stereocenters. The summed E-state index contributed by atoms with van der Waals surface area (Å²) in [7, 11) is -3.23. The zero-order valence-corrected chi connectivity index (χ0v) is 13.7. The van der Waals surface area contributed by atoms with Gasteiger partial charge in [0.1, 0.15) is 0 Å². The fraction of sp³-hybridized carbons (Fsp3) is 0.0833. The molecular weight excluding hydrogens is 306 g/mol. The second-order valence-corrected chi connectivity index (χ2v) is 8.04. The summed E-state index contributed by atoms with van der Waals surface area (Å²) in [4.78, 5) is 4.27. The van der Waals surface area contributed by atoms with E-state index in [0.717, 1.165) is 11.3 Å². The van der Waals surface area contributed by atoms with E-state index in [1.54, 1.807) is 12.3 Å². The Bertz CT molecular complexity index is 644. The van der Waals surface area contributed by atoms with Crippen molar-refractivity contribution in [1.82, 2.24) is 4.98 Å². The first-order valence-corrected chi connectivity index (χ1v) is 8.49. The molecule has 1 heterocycles. The number of aromatic nitrogens is 1. The van der Waals surface area contributed by atoms with Gasteiger partial charge in [-0.3, -0.25) is 0 Å². The third-order valence-electron chi connectivity index (χ3n) is 2.51. The van der Waals surface area contributed by atoms with Crippen molar-refractivity contribution in [2.24, 2.45) is 0 Å². The van der Waals surface area contributed by atoms with Gasteiger partial charge in [0.25, 0.3) is 0 Å². The van der Waals surface area contributed by atoms with Crippen molar-refractivity contribution in [1.29, 1.82) is 0 Å². The summed E-state index contributed by atoms with van der Waals surface area (Å²) in [5.41, 5.74) is 2.28. The maximum absolute atomic E-state index is 11.7. The van der Waals surface area contributed by atoms with Gasteiger partial charge in [-0.25, -0.2) is 0 Å². The molecule has 1 radical (unpaired) electrons. The number of hydrogen-bond acceptors (Lipinski definition) is 3. The number of sulfonamides is 1. The molecule has 0 atom stereocenters. The van der Waals surface area contributed by atoms with E-state index >= 15 is 0 Å². The first-order valence-electron chi connectivity index (χ1n) is 5.31. The molecule has 1 aromatic carbocycles. The van der Waals surface area contributed by atoms with Crippen molar-refractivity contribution >= 4 is 34.6 Å². The van der Waals surface area contributed by atoms with E-state index in [1.165, 1.54) is 9.27 Å². The molecule has 18 heavy (non-hydrogen) atoms. The van der Waals surface area contributed by atoms with Crippen LogP contribution in [-0.2, 0) is 10.0 Å². The van der Waals surface area contributed by atoms with Gasteiger partial charge in [-0.15, -0.1) is 0 Å². The molecule has 0 aliphatic rings. The minimum absolute atomic E-state index is 0.517. The molecule has 0 aliphatic carbocycles. The van der Waals surface area contributed by atoms with E-state index in [-0.39, 0.29) is 0 Å². The van der Waals surface area contributed by atoms with Crippen molar-refractivity contribution in [3.05, 3.63) is 48.7 Å². The van der Waals surface area contributed by atoms with Crippen molar-refractivity contribution in [3.63, 3.8) is 0 Å². The molecule has 6 heteroatoms. The topological polar surface area (TPSA) is 50.3 Å². The number of pyridine rings is 1. The summed E-state index contributed by atoms with van der Waals surface area (Å²) < 4.78 is 24.7. The van der Waals surface area contributed by atoms with Crippen molar-refractivity contribution < 1.29 is 8.42 Å². The predicted octanol–water partition coefficient (Wildman–Crippen LogP) is 1.33. The van der Waals surface area contributed by atoms with Crippen LogP contribution in [0, 0.1) is 0 Å². The van der Waals surface area contributed by atoms with Gasteiger partial charge in [0.15, 0.2) is 0 Å². The molecule has 0 saturated carbocycles. The standard InChI is InChI=1S/C12H11N2O2S.Ga.H/c1-17(15,16)14-12-8-3-2-6-10(12)11-7-4-5-9-13-11;;/h2-9H,1H3;;/q-1;+1;. The number of benzene rings is 1. The van der Waals surface area contributed by atoms with Crippen molar-refractivity contribution in [2.75, 3.05) is 9.27 Å². The quantitative estimate of drug-likeness (QED) is 0.803. The van der Waals surface area contributed by atoms with Crippen LogP contribution in [-0.4, -0.2) is 38.5 Å². The normalized spacial score (nSPS) is 11.2. The van der Waals surface area contributed by atoms with Gasteiger partial charge < -0.3 is 0 Å². The summed E-state index contributed by atoms with van der Waals surface area (Å²) in [6, 6.07) is 13.0. The Morgan fingerprint density at radius 2 is 1.78 bits per heavy atom. The Morgan fingerprint density at radius 1 is 1.11 bits per heavy atom. The third-order valence-corrected chi connectivity index (χ3v) is 7.18. The van der Waals surface area contributed by atoms with Crippen LogP contribution in [0.1, 0.15) is 0 Å². The first-order chi connectivity index (χ1) is 8.50. The van der Waals surface area contributed by atoms with Gasteiger partial charge >= 0.3 is 117 Å². The minimum atomic E-state index is -3.23. The van der Waals surface area contributed by atoms with Crippen LogP contribution in [0.25, 0.3) is 11.3 Å². The van der Waals surface area contributed by atoms with Gasteiger partial charge in [-0.2, -0.15) is 0 Å². The Kier molecular flexibility index (Phi) is 3.79. The molecule has 2 rings (SSSR count). The Hall–Kier alpha value is -1.24. The molecule has 0 bridgehead atoms. The molecule has 91 valence electrons. The fourth-order valence-corrected chi connectivity index (χ4v) is 2.70. The Labute approximate surface area is 117 Å². The van der Waals surface area contributed by atoms with Crippen LogP contribution in [0.3, 0.4) is 0 Å². The van der Waals surface area contributed by atoms with Crippen LogP contribution in [0.5, 0.6) is 0 Å². The molecule has 0 spiro atoms.